The molecule has 0 aromatic carbocycles. The zero-order chi connectivity index (χ0) is 22.5. The second-order valence-electron chi connectivity index (χ2n) is 6.41. The molecule has 0 aliphatic carbocycles. The molecule has 0 atom stereocenters. The lowest BCUT2D eigenvalue weighted by Gasteiger charge is -2.24. The zero-order valence-electron chi connectivity index (χ0n) is 16.5. The third-order valence-electron chi connectivity index (χ3n) is 4.46. The van der Waals surface area contributed by atoms with E-state index in [0.29, 0.717) is 4.90 Å². The van der Waals surface area contributed by atoms with Gasteiger partial charge in [0.05, 0.1) is 19.0 Å². The number of imide groups is 1. The van der Waals surface area contributed by atoms with Gasteiger partial charge >= 0.3 is 0 Å². The average molecular weight is 453 g/mol. The molecule has 13 heteroatoms. The van der Waals surface area contributed by atoms with Crippen molar-refractivity contribution in [3.63, 3.8) is 0 Å². The normalized spacial score (nSPS) is 14.6. The van der Waals surface area contributed by atoms with E-state index in [2.05, 4.69) is 4.98 Å². The number of halogens is 3. The molecule has 2 heterocycles. The van der Waals surface area contributed by atoms with E-state index in [1.54, 1.807) is 0 Å². The number of amides is 2. The number of ether oxygens (including phenoxy) is 2. The molecule has 1 aliphatic rings. The van der Waals surface area contributed by atoms with Gasteiger partial charge in [-0.1, -0.05) is 0 Å². The molecule has 0 unspecified atom stereocenters. The summed E-state index contributed by atoms with van der Waals surface area (Å²) >= 11 is 0. The van der Waals surface area contributed by atoms with Gasteiger partial charge in [-0.2, -0.15) is 9.37 Å². The summed E-state index contributed by atoms with van der Waals surface area (Å²) in [6, 6.07) is 0. The number of pyridine rings is 1. The molecule has 1 aromatic heterocycles. The lowest BCUT2D eigenvalue weighted by molar-refractivity contribution is -0.137. The highest BCUT2D eigenvalue weighted by molar-refractivity contribution is 7.91. The SMILES string of the molecule is COCCN(CCOC)c1nc(F)c(F)c(S(=O)(=O)CCN2C(=O)CCC2=O)c1F. The third kappa shape index (κ3) is 5.26. The molecule has 0 N–H and O–H groups in total. The Bertz CT molecular complexity index is 888. The van der Waals surface area contributed by atoms with Crippen LogP contribution in [0, 0.1) is 17.6 Å². The number of rotatable bonds is 11. The van der Waals surface area contributed by atoms with Gasteiger partial charge < -0.3 is 14.4 Å². The third-order valence-corrected chi connectivity index (χ3v) is 6.16. The number of carbonyl (C=O) groups excluding carboxylic acids is 2. The first-order valence-electron chi connectivity index (χ1n) is 8.97. The Morgan fingerprint density at radius 2 is 1.53 bits per heavy atom. The standard InChI is InChI=1S/C17H22F3N3O6S/c1-28-8-5-22(6-9-29-2)17-14(19)15(13(18)16(20)21-17)30(26,27)10-7-23-11(24)3-4-12(23)25/h3-10H2,1-2H3. The van der Waals surface area contributed by atoms with Crippen molar-refractivity contribution in [2.24, 2.45) is 0 Å². The number of carbonyl (C=O) groups is 2. The number of hydrogen-bond acceptors (Lipinski definition) is 8. The summed E-state index contributed by atoms with van der Waals surface area (Å²) in [5, 5.41) is 0. The number of nitrogens with zero attached hydrogens (tertiary/aromatic N) is 3. The van der Waals surface area contributed by atoms with Gasteiger partial charge in [-0.3, -0.25) is 14.5 Å². The smallest absolute Gasteiger partial charge is 0.252 e. The Morgan fingerprint density at radius 3 is 2.03 bits per heavy atom. The maximum atomic E-state index is 15.0. The van der Waals surface area contributed by atoms with Crippen molar-refractivity contribution in [1.29, 1.82) is 0 Å². The van der Waals surface area contributed by atoms with Crippen LogP contribution >= 0.6 is 0 Å². The number of hydrogen-bond donors (Lipinski definition) is 0. The van der Waals surface area contributed by atoms with Crippen molar-refractivity contribution in [3.05, 3.63) is 17.6 Å². The van der Waals surface area contributed by atoms with Gasteiger partial charge in [0, 0.05) is 46.7 Å². The predicted octanol–water partition coefficient (Wildman–Crippen LogP) is 0.521. The zero-order valence-corrected chi connectivity index (χ0v) is 17.3. The first kappa shape index (κ1) is 24.0. The number of methoxy groups -OCH3 is 2. The van der Waals surface area contributed by atoms with E-state index in [9.17, 15) is 26.8 Å². The molecule has 0 bridgehead atoms. The second kappa shape index (κ2) is 10.2. The molecule has 0 radical (unpaired) electrons. The van der Waals surface area contributed by atoms with Gasteiger partial charge in [0.2, 0.25) is 11.8 Å². The summed E-state index contributed by atoms with van der Waals surface area (Å²) in [6.45, 7) is -0.429. The van der Waals surface area contributed by atoms with Crippen molar-refractivity contribution in [1.82, 2.24) is 9.88 Å². The molecule has 2 amide bonds. The van der Waals surface area contributed by atoms with E-state index in [1.807, 2.05) is 0 Å². The van der Waals surface area contributed by atoms with Crippen LogP contribution in [0.25, 0.3) is 0 Å². The van der Waals surface area contributed by atoms with Crippen molar-refractivity contribution in [2.75, 3.05) is 57.7 Å². The predicted molar refractivity (Wildman–Crippen MR) is 98.1 cm³/mol. The first-order chi connectivity index (χ1) is 14.1. The molecule has 168 valence electrons. The summed E-state index contributed by atoms with van der Waals surface area (Å²) < 4.78 is 78.4. The van der Waals surface area contributed by atoms with E-state index in [0.717, 1.165) is 4.90 Å². The maximum absolute atomic E-state index is 15.0. The van der Waals surface area contributed by atoms with Gasteiger partial charge in [0.1, 0.15) is 4.90 Å². The minimum atomic E-state index is -4.74. The van der Waals surface area contributed by atoms with Gasteiger partial charge in [-0.25, -0.2) is 17.2 Å². The Morgan fingerprint density at radius 1 is 1.00 bits per heavy atom. The van der Waals surface area contributed by atoms with E-state index in [1.165, 1.54) is 14.2 Å². The van der Waals surface area contributed by atoms with Crippen LogP contribution in [0.3, 0.4) is 0 Å². The van der Waals surface area contributed by atoms with Gasteiger partial charge in [0.15, 0.2) is 27.3 Å². The number of sulfone groups is 1. The molecule has 30 heavy (non-hydrogen) atoms. The summed E-state index contributed by atoms with van der Waals surface area (Å²) in [7, 11) is -1.99. The Hall–Kier alpha value is -2.25. The monoisotopic (exact) mass is 453 g/mol. The minimum absolute atomic E-state index is 0.00508. The van der Waals surface area contributed by atoms with Crippen LogP contribution in [0.1, 0.15) is 12.8 Å². The molecule has 1 aromatic rings. The van der Waals surface area contributed by atoms with Crippen LogP contribution in [0.15, 0.2) is 4.90 Å². The molecule has 0 spiro atoms. The maximum Gasteiger partial charge on any atom is 0.252 e. The topological polar surface area (TPSA) is 106 Å². The Kier molecular flexibility index (Phi) is 8.15. The fourth-order valence-electron chi connectivity index (χ4n) is 2.88. The summed E-state index contributed by atoms with van der Waals surface area (Å²) in [6.07, 6.45) is -0.132. The van der Waals surface area contributed by atoms with Crippen LogP contribution in [0.5, 0.6) is 0 Å². The summed E-state index contributed by atoms with van der Waals surface area (Å²) in [4.78, 5) is 26.9. The first-order valence-corrected chi connectivity index (χ1v) is 10.6. The number of anilines is 1. The molecule has 2 rings (SSSR count). The van der Waals surface area contributed by atoms with E-state index >= 15 is 4.39 Å². The lowest BCUT2D eigenvalue weighted by Crippen LogP contribution is -2.35. The highest BCUT2D eigenvalue weighted by Gasteiger charge is 2.35. The van der Waals surface area contributed by atoms with E-state index in [4.69, 9.17) is 9.47 Å². The quantitative estimate of drug-likeness (QED) is 0.353. The average Bonchev–Trinajstić information content (AvgIpc) is 3.01. The van der Waals surface area contributed by atoms with Crippen molar-refractivity contribution < 1.29 is 40.7 Å². The second-order valence-corrected chi connectivity index (χ2v) is 8.46. The summed E-state index contributed by atoms with van der Waals surface area (Å²) in [5.74, 6) is -8.16. The lowest BCUT2D eigenvalue weighted by atomic mass is 10.3. The fraction of sp³-hybridized carbons (Fsp3) is 0.588. The van der Waals surface area contributed by atoms with Crippen LogP contribution in [0.2, 0.25) is 0 Å². The van der Waals surface area contributed by atoms with Gasteiger partial charge in [-0.05, 0) is 0 Å². The largest absolute Gasteiger partial charge is 0.383 e. The van der Waals surface area contributed by atoms with E-state index in [-0.39, 0.29) is 39.1 Å². The number of aromatic nitrogens is 1. The molecular formula is C17H22F3N3O6S. The van der Waals surface area contributed by atoms with Crippen molar-refractivity contribution in [2.45, 2.75) is 17.7 Å². The summed E-state index contributed by atoms with van der Waals surface area (Å²) in [5.41, 5.74) is 0. The molecular weight excluding hydrogens is 431 g/mol. The van der Waals surface area contributed by atoms with Crippen molar-refractivity contribution in [3.8, 4) is 0 Å². The Balaban J connectivity index is 2.40. The molecule has 1 saturated heterocycles. The highest BCUT2D eigenvalue weighted by Crippen LogP contribution is 2.29. The minimum Gasteiger partial charge on any atom is -0.383 e. The van der Waals surface area contributed by atoms with E-state index < -0.39 is 62.2 Å². The van der Waals surface area contributed by atoms with Gasteiger partial charge in [0.25, 0.3) is 5.95 Å². The van der Waals surface area contributed by atoms with Crippen LogP contribution in [0.4, 0.5) is 19.0 Å². The highest BCUT2D eigenvalue weighted by atomic mass is 32.2. The number of likely N-dealkylation sites (tertiary alicyclic amines) is 1. The molecule has 1 aliphatic heterocycles. The van der Waals surface area contributed by atoms with Crippen LogP contribution in [-0.2, 0) is 28.9 Å². The van der Waals surface area contributed by atoms with Crippen LogP contribution < -0.4 is 4.90 Å². The Labute approximate surface area is 171 Å². The molecule has 1 fully saturated rings. The molecule has 9 nitrogen and oxygen atoms in total. The van der Waals surface area contributed by atoms with Crippen molar-refractivity contribution >= 4 is 27.5 Å². The van der Waals surface area contributed by atoms with Crippen LogP contribution in [-0.4, -0.2) is 82.9 Å². The molecule has 0 saturated carbocycles. The fourth-order valence-corrected chi connectivity index (χ4v) is 4.23. The van der Waals surface area contributed by atoms with Gasteiger partial charge in [-0.15, -0.1) is 0 Å².